The molecule has 0 fully saturated rings. The lowest BCUT2D eigenvalue weighted by molar-refractivity contribution is 0.580. The van der Waals surface area contributed by atoms with Gasteiger partial charge in [-0.1, -0.05) is 30.8 Å². The Labute approximate surface area is 173 Å². The van der Waals surface area contributed by atoms with Gasteiger partial charge in [-0.15, -0.1) is 10.2 Å². The van der Waals surface area contributed by atoms with Crippen LogP contribution in [0.15, 0.2) is 65.7 Å². The number of aryl methyl sites for hydroxylation is 1. The fourth-order valence-electron chi connectivity index (χ4n) is 2.91. The summed E-state index contributed by atoms with van der Waals surface area (Å²) in [5, 5.41) is 8.17. The summed E-state index contributed by atoms with van der Waals surface area (Å²) in [6.45, 7) is 5.91. The van der Waals surface area contributed by atoms with E-state index in [-0.39, 0.29) is 11.7 Å². The van der Waals surface area contributed by atoms with Crippen LogP contribution in [0.4, 0.5) is 4.39 Å². The first-order chi connectivity index (χ1) is 14.4. The zero-order valence-corrected chi connectivity index (χ0v) is 16.9. The third kappa shape index (κ3) is 3.82. The van der Waals surface area contributed by atoms with Crippen molar-refractivity contribution in [3.05, 3.63) is 78.4 Å². The van der Waals surface area contributed by atoms with Crippen molar-refractivity contribution in [3.63, 3.8) is 0 Å². The monoisotopic (exact) mass is 401 g/mol. The van der Waals surface area contributed by atoms with E-state index in [0.29, 0.717) is 28.5 Å². The van der Waals surface area contributed by atoms with Crippen LogP contribution in [0.25, 0.3) is 40.0 Å². The van der Waals surface area contributed by atoms with Gasteiger partial charge in [0.2, 0.25) is 5.89 Å². The van der Waals surface area contributed by atoms with Crippen LogP contribution in [-0.2, 0) is 0 Å². The molecule has 0 saturated carbocycles. The van der Waals surface area contributed by atoms with E-state index in [0.717, 1.165) is 16.8 Å². The van der Waals surface area contributed by atoms with Crippen LogP contribution in [0, 0.1) is 12.7 Å². The van der Waals surface area contributed by atoms with Crippen molar-refractivity contribution in [3.8, 4) is 34.3 Å². The van der Waals surface area contributed by atoms with Gasteiger partial charge in [0, 0.05) is 30.9 Å². The van der Waals surface area contributed by atoms with Crippen molar-refractivity contribution in [2.24, 2.45) is 0 Å². The second-order valence-corrected chi connectivity index (χ2v) is 7.03. The molecule has 150 valence electrons. The fraction of sp³-hybridized carbons (Fsp3) is 0.130. The van der Waals surface area contributed by atoms with E-state index in [1.807, 2.05) is 50.2 Å². The summed E-state index contributed by atoms with van der Waals surface area (Å²) < 4.78 is 18.9. The number of aromatic nitrogens is 4. The average Bonchev–Trinajstić information content (AvgIpc) is 3.24. The second kappa shape index (κ2) is 7.87. The predicted octanol–water partition coefficient (Wildman–Crippen LogP) is 4.84. The number of halogens is 1. The van der Waals surface area contributed by atoms with Crippen LogP contribution >= 0.6 is 0 Å². The highest BCUT2D eigenvalue weighted by Crippen LogP contribution is 2.27. The summed E-state index contributed by atoms with van der Waals surface area (Å²) in [6.07, 6.45) is 1.71. The molecule has 0 aliphatic heterocycles. The molecule has 6 nitrogen and oxygen atoms in total. The molecule has 0 saturated heterocycles. The van der Waals surface area contributed by atoms with Crippen LogP contribution in [0.5, 0.6) is 0 Å². The molecule has 2 heterocycles. The van der Waals surface area contributed by atoms with Crippen LogP contribution in [-0.4, -0.2) is 39.2 Å². The van der Waals surface area contributed by atoms with Crippen molar-refractivity contribution in [2.75, 3.05) is 14.1 Å². The third-order valence-corrected chi connectivity index (χ3v) is 4.73. The zero-order chi connectivity index (χ0) is 21.3. The predicted molar refractivity (Wildman–Crippen MR) is 114 cm³/mol. The fourth-order valence-corrected chi connectivity index (χ4v) is 2.91. The number of rotatable bonds is 5. The van der Waals surface area contributed by atoms with Crippen molar-refractivity contribution in [2.45, 2.75) is 6.92 Å². The van der Waals surface area contributed by atoms with Gasteiger partial charge in [-0.2, -0.15) is 0 Å². The van der Waals surface area contributed by atoms with Crippen LogP contribution in [0.1, 0.15) is 11.3 Å². The molecular formula is C23H20FN5O. The van der Waals surface area contributed by atoms with Gasteiger partial charge in [-0.25, -0.2) is 9.37 Å². The summed E-state index contributed by atoms with van der Waals surface area (Å²) in [5.41, 5.74) is 5.38. The maximum Gasteiger partial charge on any atom is 0.268 e. The van der Waals surface area contributed by atoms with Gasteiger partial charge in [-0.05, 0) is 36.8 Å². The first kappa shape index (κ1) is 19.4. The molecule has 0 atom stereocenters. The molecule has 0 N–H and O–H groups in total. The standard InChI is InChI=1S/C23H20FN5O/c1-14-21(23-28-27-22(30-23)18-9-11-19(24)12-10-18)26-20(13-25-14)17-7-5-16(6-8-17)15(2)29(3)4/h5-13H,2H2,1,3-4H3. The number of hydrogen-bond donors (Lipinski definition) is 0. The van der Waals surface area contributed by atoms with Crippen molar-refractivity contribution < 1.29 is 8.81 Å². The smallest absolute Gasteiger partial charge is 0.268 e. The normalized spacial score (nSPS) is 10.8. The van der Waals surface area contributed by atoms with Crippen molar-refractivity contribution >= 4 is 5.70 Å². The Hall–Kier alpha value is -3.87. The maximum atomic E-state index is 13.1. The molecule has 2 aromatic carbocycles. The Morgan fingerprint density at radius 2 is 1.57 bits per heavy atom. The topological polar surface area (TPSA) is 67.9 Å². The van der Waals surface area contributed by atoms with Gasteiger partial charge in [-0.3, -0.25) is 4.98 Å². The van der Waals surface area contributed by atoms with Crippen LogP contribution in [0.3, 0.4) is 0 Å². The molecule has 4 rings (SSSR count). The molecule has 0 amide bonds. The lowest BCUT2D eigenvalue weighted by Crippen LogP contribution is -2.08. The van der Waals surface area contributed by atoms with E-state index in [9.17, 15) is 4.39 Å². The highest BCUT2D eigenvalue weighted by atomic mass is 19.1. The summed E-state index contributed by atoms with van der Waals surface area (Å²) in [5.74, 6) is 0.231. The minimum atomic E-state index is -0.326. The van der Waals surface area contributed by atoms with E-state index < -0.39 is 0 Å². The summed E-state index contributed by atoms with van der Waals surface area (Å²) in [7, 11) is 3.91. The Bertz CT molecular complexity index is 1200. The minimum absolute atomic E-state index is 0.263. The molecule has 0 radical (unpaired) electrons. The Morgan fingerprint density at radius 1 is 0.933 bits per heavy atom. The lowest BCUT2D eigenvalue weighted by atomic mass is 10.1. The number of hydrogen-bond acceptors (Lipinski definition) is 6. The molecule has 7 heteroatoms. The maximum absolute atomic E-state index is 13.1. The van der Waals surface area contributed by atoms with Crippen molar-refractivity contribution in [1.82, 2.24) is 25.1 Å². The largest absolute Gasteiger partial charge is 0.415 e. The minimum Gasteiger partial charge on any atom is -0.415 e. The average molecular weight is 401 g/mol. The van der Waals surface area contributed by atoms with E-state index in [1.54, 1.807) is 18.3 Å². The highest BCUT2D eigenvalue weighted by Gasteiger charge is 2.16. The molecule has 0 spiro atoms. The van der Waals surface area contributed by atoms with Gasteiger partial charge >= 0.3 is 0 Å². The zero-order valence-electron chi connectivity index (χ0n) is 16.9. The highest BCUT2D eigenvalue weighted by molar-refractivity contribution is 5.68. The van der Waals surface area contributed by atoms with Gasteiger partial charge < -0.3 is 9.32 Å². The van der Waals surface area contributed by atoms with Gasteiger partial charge in [0.1, 0.15) is 11.5 Å². The van der Waals surface area contributed by atoms with E-state index >= 15 is 0 Å². The van der Waals surface area contributed by atoms with E-state index in [2.05, 4.69) is 21.8 Å². The SMILES string of the molecule is C=C(c1ccc(-c2cnc(C)c(-c3nnc(-c4ccc(F)cc4)o3)n2)cc1)N(C)C. The van der Waals surface area contributed by atoms with Crippen LogP contribution < -0.4 is 0 Å². The summed E-state index contributed by atoms with van der Waals surface area (Å²) >= 11 is 0. The molecule has 0 aliphatic rings. The Kier molecular flexibility index (Phi) is 5.10. The molecule has 2 aromatic heterocycles. The molecule has 0 bridgehead atoms. The second-order valence-electron chi connectivity index (χ2n) is 7.03. The summed E-state index contributed by atoms with van der Waals surface area (Å²) in [6, 6.07) is 13.8. The molecule has 4 aromatic rings. The molecule has 0 aliphatic carbocycles. The first-order valence-electron chi connectivity index (χ1n) is 9.33. The molecule has 30 heavy (non-hydrogen) atoms. The van der Waals surface area contributed by atoms with Gasteiger partial charge in [0.15, 0.2) is 0 Å². The quantitative estimate of drug-likeness (QED) is 0.477. The summed E-state index contributed by atoms with van der Waals surface area (Å²) in [4.78, 5) is 11.1. The lowest BCUT2D eigenvalue weighted by Gasteiger charge is -2.16. The first-order valence-corrected chi connectivity index (χ1v) is 9.33. The van der Waals surface area contributed by atoms with Gasteiger partial charge in [0.05, 0.1) is 17.6 Å². The van der Waals surface area contributed by atoms with Crippen molar-refractivity contribution in [1.29, 1.82) is 0 Å². The molecule has 0 unspecified atom stereocenters. The van der Waals surface area contributed by atoms with Gasteiger partial charge in [0.25, 0.3) is 5.89 Å². The Balaban J connectivity index is 1.66. The Morgan fingerprint density at radius 3 is 2.23 bits per heavy atom. The number of nitrogens with zero attached hydrogens (tertiary/aromatic N) is 5. The number of benzene rings is 2. The third-order valence-electron chi connectivity index (χ3n) is 4.73. The van der Waals surface area contributed by atoms with E-state index in [4.69, 9.17) is 9.40 Å². The molecular weight excluding hydrogens is 381 g/mol. The van der Waals surface area contributed by atoms with E-state index in [1.165, 1.54) is 12.1 Å². The van der Waals surface area contributed by atoms with Crippen LogP contribution in [0.2, 0.25) is 0 Å².